The van der Waals surface area contributed by atoms with Gasteiger partial charge in [-0.2, -0.15) is 5.10 Å². The summed E-state index contributed by atoms with van der Waals surface area (Å²) in [6, 6.07) is 25.1. The number of hydrogen-bond donors (Lipinski definition) is 0. The van der Waals surface area contributed by atoms with Crippen LogP contribution in [-0.2, 0) is 6.54 Å². The van der Waals surface area contributed by atoms with Gasteiger partial charge in [-0.05, 0) is 117 Å². The first-order chi connectivity index (χ1) is 21.7. The van der Waals surface area contributed by atoms with Crippen LogP contribution < -0.4 is 19.2 Å². The molecule has 1 fully saturated rings. The lowest BCUT2D eigenvalue weighted by molar-refractivity contribution is 0.214. The van der Waals surface area contributed by atoms with Crippen molar-refractivity contribution >= 4 is 11.4 Å². The maximum absolute atomic E-state index is 6.12. The maximum Gasteiger partial charge on any atom is 0.119 e. The minimum atomic E-state index is 0.645. The molecule has 0 amide bonds. The number of rotatable bonds is 18. The number of hydrogen-bond acceptors (Lipinski definition) is 6. The van der Waals surface area contributed by atoms with E-state index in [4.69, 9.17) is 19.3 Å². The molecule has 0 aliphatic carbocycles. The van der Waals surface area contributed by atoms with E-state index in [2.05, 4.69) is 91.3 Å². The van der Waals surface area contributed by atoms with Gasteiger partial charge >= 0.3 is 0 Å². The van der Waals surface area contributed by atoms with Crippen LogP contribution in [0.5, 0.6) is 17.2 Å². The van der Waals surface area contributed by atoms with Gasteiger partial charge in [-0.15, -0.1) is 0 Å². The summed E-state index contributed by atoms with van der Waals surface area (Å²) in [5.41, 5.74) is 4.33. The number of benzene rings is 3. The van der Waals surface area contributed by atoms with Crippen molar-refractivity contribution in [1.29, 1.82) is 0 Å². The Labute approximate surface area is 266 Å². The fourth-order valence-electron chi connectivity index (χ4n) is 5.31. The van der Waals surface area contributed by atoms with Crippen molar-refractivity contribution in [1.82, 2.24) is 4.90 Å². The average molecular weight is 600 g/mol. The summed E-state index contributed by atoms with van der Waals surface area (Å²) in [6.07, 6.45) is 10.5. The molecule has 6 heteroatoms. The van der Waals surface area contributed by atoms with E-state index in [0.29, 0.717) is 6.54 Å². The number of unbranched alkanes of at least 4 members (excludes halogenated alkanes) is 2. The Morgan fingerprint density at radius 1 is 0.659 bits per heavy atom. The molecule has 0 unspecified atom stereocenters. The molecular weight excluding hydrogens is 546 g/mol. The topological polar surface area (TPSA) is 46.5 Å². The molecule has 4 rings (SSSR count). The first-order valence-electron chi connectivity index (χ1n) is 16.9. The highest BCUT2D eigenvalue weighted by molar-refractivity contribution is 6.01. The van der Waals surface area contributed by atoms with Crippen LogP contribution in [0.1, 0.15) is 89.7 Å². The molecule has 6 nitrogen and oxygen atoms in total. The van der Waals surface area contributed by atoms with Crippen LogP contribution in [0.25, 0.3) is 0 Å². The fourth-order valence-corrected chi connectivity index (χ4v) is 5.31. The SMILES string of the molecule is CCCCOc1ccc(/C(CC)=N/N(Cc2ccc(OCCN3CCCCCC3)cc2)c2ccc(OCCCC)cc2)cc1. The molecule has 0 N–H and O–H groups in total. The molecule has 1 heterocycles. The Kier molecular flexibility index (Phi) is 14.4. The molecule has 3 aromatic rings. The maximum atomic E-state index is 6.12. The van der Waals surface area contributed by atoms with Crippen LogP contribution in [0.2, 0.25) is 0 Å². The molecule has 3 aromatic carbocycles. The monoisotopic (exact) mass is 599 g/mol. The van der Waals surface area contributed by atoms with Gasteiger partial charge in [0.1, 0.15) is 23.9 Å². The lowest BCUT2D eigenvalue weighted by Crippen LogP contribution is -2.29. The smallest absolute Gasteiger partial charge is 0.119 e. The van der Waals surface area contributed by atoms with Crippen LogP contribution >= 0.6 is 0 Å². The highest BCUT2D eigenvalue weighted by Crippen LogP contribution is 2.25. The van der Waals surface area contributed by atoms with Gasteiger partial charge in [0.2, 0.25) is 0 Å². The van der Waals surface area contributed by atoms with Crippen molar-refractivity contribution in [3.63, 3.8) is 0 Å². The second kappa shape index (κ2) is 19.0. The van der Waals surface area contributed by atoms with Crippen molar-refractivity contribution in [3.8, 4) is 17.2 Å². The molecule has 0 bridgehead atoms. The predicted octanol–water partition coefficient (Wildman–Crippen LogP) is 9.12. The molecular formula is C38H53N3O3. The van der Waals surface area contributed by atoms with Gasteiger partial charge in [-0.1, -0.05) is 58.6 Å². The Morgan fingerprint density at radius 3 is 1.73 bits per heavy atom. The minimum Gasteiger partial charge on any atom is -0.494 e. The average Bonchev–Trinajstić information content (AvgIpc) is 3.34. The molecule has 1 saturated heterocycles. The summed E-state index contributed by atoms with van der Waals surface area (Å²) in [5, 5.41) is 7.30. The van der Waals surface area contributed by atoms with Gasteiger partial charge in [-0.25, -0.2) is 0 Å². The molecule has 44 heavy (non-hydrogen) atoms. The van der Waals surface area contributed by atoms with Crippen LogP contribution in [0, 0.1) is 0 Å². The lowest BCUT2D eigenvalue weighted by atomic mass is 10.1. The van der Waals surface area contributed by atoms with E-state index in [9.17, 15) is 0 Å². The molecule has 0 aromatic heterocycles. The largest absolute Gasteiger partial charge is 0.494 e. The molecule has 0 saturated carbocycles. The van der Waals surface area contributed by atoms with E-state index >= 15 is 0 Å². The minimum absolute atomic E-state index is 0.645. The third-order valence-corrected chi connectivity index (χ3v) is 8.06. The van der Waals surface area contributed by atoms with E-state index in [1.807, 2.05) is 12.1 Å². The lowest BCUT2D eigenvalue weighted by Gasteiger charge is -2.22. The second-order valence-electron chi connectivity index (χ2n) is 11.6. The highest BCUT2D eigenvalue weighted by atomic mass is 16.5. The Hall–Kier alpha value is -3.51. The Bertz CT molecular complexity index is 1220. The fraction of sp³-hybridized carbons (Fsp3) is 0.500. The molecule has 238 valence electrons. The van der Waals surface area contributed by atoms with E-state index in [0.717, 1.165) is 92.7 Å². The summed E-state index contributed by atoms with van der Waals surface area (Å²) < 4.78 is 17.9. The third-order valence-electron chi connectivity index (χ3n) is 8.06. The zero-order chi connectivity index (χ0) is 30.8. The van der Waals surface area contributed by atoms with E-state index in [1.54, 1.807) is 0 Å². The first kappa shape index (κ1) is 33.4. The number of nitrogens with zero attached hydrogens (tertiary/aromatic N) is 3. The summed E-state index contributed by atoms with van der Waals surface area (Å²) >= 11 is 0. The number of hydrazone groups is 1. The van der Waals surface area contributed by atoms with Crippen LogP contribution in [0.3, 0.4) is 0 Å². The second-order valence-corrected chi connectivity index (χ2v) is 11.6. The summed E-state index contributed by atoms with van der Waals surface area (Å²) in [7, 11) is 0. The van der Waals surface area contributed by atoms with Gasteiger partial charge in [0, 0.05) is 6.54 Å². The zero-order valence-electron chi connectivity index (χ0n) is 27.3. The standard InChI is InChI=1S/C38H53N3O3/c1-4-7-28-42-36-21-15-33(16-22-36)38(6-3)39-41(34-17-23-37(24-18-34)43-29-8-5-2)31-32-13-19-35(20-14-32)44-30-27-40-25-11-9-10-12-26-40/h13-24H,4-12,25-31H2,1-3H3/b39-38+. The molecule has 0 atom stereocenters. The highest BCUT2D eigenvalue weighted by Gasteiger charge is 2.12. The number of ether oxygens (including phenoxy) is 3. The van der Waals surface area contributed by atoms with Gasteiger partial charge in [0.05, 0.1) is 31.2 Å². The molecule has 1 aliphatic rings. The Morgan fingerprint density at radius 2 is 1.18 bits per heavy atom. The van der Waals surface area contributed by atoms with Crippen molar-refractivity contribution in [2.45, 2.75) is 85.1 Å². The third kappa shape index (κ3) is 11.2. The molecule has 0 spiro atoms. The normalized spacial score (nSPS) is 14.2. The predicted molar refractivity (Wildman–Crippen MR) is 184 cm³/mol. The summed E-state index contributed by atoms with van der Waals surface area (Å²) in [5.74, 6) is 2.71. The van der Waals surface area contributed by atoms with E-state index < -0.39 is 0 Å². The quantitative estimate of drug-likeness (QED) is 0.0829. The van der Waals surface area contributed by atoms with Crippen LogP contribution in [-0.4, -0.2) is 50.1 Å². The van der Waals surface area contributed by atoms with Gasteiger partial charge < -0.3 is 14.2 Å². The first-order valence-corrected chi connectivity index (χ1v) is 16.9. The summed E-state index contributed by atoms with van der Waals surface area (Å²) in [4.78, 5) is 2.54. The number of likely N-dealkylation sites (tertiary alicyclic amines) is 1. The van der Waals surface area contributed by atoms with Gasteiger partial charge in [-0.3, -0.25) is 9.91 Å². The van der Waals surface area contributed by atoms with E-state index in [1.165, 1.54) is 44.3 Å². The van der Waals surface area contributed by atoms with Gasteiger partial charge in [0.15, 0.2) is 0 Å². The molecule has 1 aliphatic heterocycles. The Balaban J connectivity index is 1.46. The van der Waals surface area contributed by atoms with Crippen LogP contribution in [0.4, 0.5) is 5.69 Å². The van der Waals surface area contributed by atoms with Crippen molar-refractivity contribution in [2.24, 2.45) is 5.10 Å². The van der Waals surface area contributed by atoms with Crippen molar-refractivity contribution in [2.75, 3.05) is 44.5 Å². The van der Waals surface area contributed by atoms with Crippen molar-refractivity contribution < 1.29 is 14.2 Å². The summed E-state index contributed by atoms with van der Waals surface area (Å²) in [6.45, 7) is 12.8. The molecule has 0 radical (unpaired) electrons. The zero-order valence-corrected chi connectivity index (χ0v) is 27.3. The number of anilines is 1. The van der Waals surface area contributed by atoms with Crippen molar-refractivity contribution in [3.05, 3.63) is 83.9 Å². The van der Waals surface area contributed by atoms with Gasteiger partial charge in [0.25, 0.3) is 0 Å². The van der Waals surface area contributed by atoms with E-state index in [-0.39, 0.29) is 0 Å². The van der Waals surface area contributed by atoms with Crippen LogP contribution in [0.15, 0.2) is 77.9 Å².